The van der Waals surface area contributed by atoms with Gasteiger partial charge in [-0.1, -0.05) is 11.6 Å². The van der Waals surface area contributed by atoms with Gasteiger partial charge in [0.25, 0.3) is 0 Å². The molecule has 1 aromatic rings. The molecule has 1 amide bonds. The number of benzene rings is 1. The van der Waals surface area contributed by atoms with Gasteiger partial charge in [-0.3, -0.25) is 9.69 Å². The Labute approximate surface area is 153 Å². The highest BCUT2D eigenvalue weighted by molar-refractivity contribution is 9.10. The molecule has 0 aromatic heterocycles. The Kier molecular flexibility index (Phi) is 3.08. The molecule has 5 nitrogen and oxygen atoms in total. The van der Waals surface area contributed by atoms with Crippen molar-refractivity contribution in [1.29, 1.82) is 0 Å². The van der Waals surface area contributed by atoms with Crippen molar-refractivity contribution in [2.75, 3.05) is 11.5 Å². The molecular weight excluding hydrogens is 398 g/mol. The lowest BCUT2D eigenvalue weighted by atomic mass is 9.65. The van der Waals surface area contributed by atoms with Crippen LogP contribution in [0.1, 0.15) is 19.8 Å². The van der Waals surface area contributed by atoms with Crippen molar-refractivity contribution in [2.24, 2.45) is 11.8 Å². The van der Waals surface area contributed by atoms with Crippen molar-refractivity contribution < 1.29 is 19.4 Å². The van der Waals surface area contributed by atoms with E-state index in [1.165, 1.54) is 0 Å². The molecule has 5 rings (SSSR count). The van der Waals surface area contributed by atoms with E-state index < -0.39 is 23.5 Å². The molecule has 0 radical (unpaired) electrons. The summed E-state index contributed by atoms with van der Waals surface area (Å²) in [6, 6.07) is 5.44. The zero-order valence-electron chi connectivity index (χ0n) is 13.0. The number of rotatable bonds is 1. The molecule has 4 heterocycles. The van der Waals surface area contributed by atoms with Gasteiger partial charge in [-0.05, 0) is 41.1 Å². The summed E-state index contributed by atoms with van der Waals surface area (Å²) in [6.45, 7) is 2.42. The minimum absolute atomic E-state index is 0.0115. The molecule has 0 unspecified atom stereocenters. The largest absolute Gasteiger partial charge is 0.390 e. The average Bonchev–Trinajstić information content (AvgIpc) is 3.07. The molecule has 2 bridgehead atoms. The summed E-state index contributed by atoms with van der Waals surface area (Å²) in [5, 5.41) is 11.2. The molecule has 4 aliphatic rings. The van der Waals surface area contributed by atoms with Crippen molar-refractivity contribution in [1.82, 2.24) is 0 Å². The maximum absolute atomic E-state index is 13.3. The summed E-state index contributed by atoms with van der Waals surface area (Å²) in [5.74, 6) is -0.403. The van der Waals surface area contributed by atoms with E-state index in [2.05, 4.69) is 15.9 Å². The van der Waals surface area contributed by atoms with Crippen LogP contribution >= 0.6 is 27.5 Å². The zero-order chi connectivity index (χ0) is 16.9. The molecule has 1 spiro atoms. The Hall–Kier alpha value is -0.660. The van der Waals surface area contributed by atoms with E-state index >= 15 is 0 Å². The molecule has 1 N–H and O–H groups in total. The number of halogens is 2. The number of anilines is 1. The number of carbonyl (C=O) groups is 1. The number of aliphatic hydroxyl groups excluding tert-OH is 1. The second-order valence-corrected chi connectivity index (χ2v) is 8.67. The summed E-state index contributed by atoms with van der Waals surface area (Å²) in [4.78, 5) is 15.0. The molecule has 1 aromatic carbocycles. The molecule has 0 saturated carbocycles. The SMILES string of the molecule is C[C@@]12C[C@@H](O)[C@]3(CCO[C@H]4[C@@H]3[C@@H]1C(=O)N4c1ccc(Cl)c(Br)c1)O2. The first kappa shape index (κ1) is 15.6. The van der Waals surface area contributed by atoms with Crippen LogP contribution in [0.15, 0.2) is 22.7 Å². The van der Waals surface area contributed by atoms with Gasteiger partial charge in [0.2, 0.25) is 5.91 Å². The summed E-state index contributed by atoms with van der Waals surface area (Å²) < 4.78 is 13.0. The van der Waals surface area contributed by atoms with Crippen molar-refractivity contribution in [3.8, 4) is 0 Å². The molecule has 4 fully saturated rings. The standard InChI is InChI=1S/C17H17BrClNO4/c1-16-7-11(21)17(24-16)4-5-23-15-13(17)12(16)14(22)20(15)8-2-3-10(19)9(18)6-8/h2-3,6,11-13,15,21H,4-5,7H2,1H3/t11-,12-,13+,15+,16-,17+/m1/s1. The van der Waals surface area contributed by atoms with Crippen LogP contribution < -0.4 is 4.90 Å². The fourth-order valence-electron chi connectivity index (χ4n) is 5.31. The number of amides is 1. The Balaban J connectivity index is 1.63. The summed E-state index contributed by atoms with van der Waals surface area (Å²) in [6.07, 6.45) is 0.193. The third kappa shape index (κ3) is 1.69. The first-order chi connectivity index (χ1) is 11.4. The smallest absolute Gasteiger partial charge is 0.235 e. The highest BCUT2D eigenvalue weighted by Crippen LogP contribution is 2.65. The van der Waals surface area contributed by atoms with E-state index in [9.17, 15) is 9.90 Å². The Morgan fingerprint density at radius 1 is 1.46 bits per heavy atom. The Bertz CT molecular complexity index is 760. The monoisotopic (exact) mass is 413 g/mol. The summed E-state index contributed by atoms with van der Waals surface area (Å²) in [7, 11) is 0. The van der Waals surface area contributed by atoms with Crippen molar-refractivity contribution in [3.63, 3.8) is 0 Å². The Morgan fingerprint density at radius 2 is 2.25 bits per heavy atom. The number of aliphatic hydroxyl groups is 1. The molecule has 4 aliphatic heterocycles. The van der Waals surface area contributed by atoms with E-state index in [1.807, 2.05) is 19.1 Å². The highest BCUT2D eigenvalue weighted by atomic mass is 79.9. The minimum Gasteiger partial charge on any atom is -0.390 e. The predicted octanol–water partition coefficient (Wildman–Crippen LogP) is 2.72. The number of hydrogen-bond donors (Lipinski definition) is 1. The topological polar surface area (TPSA) is 59.0 Å². The summed E-state index contributed by atoms with van der Waals surface area (Å²) >= 11 is 9.51. The second kappa shape index (κ2) is 4.74. The van der Waals surface area contributed by atoms with E-state index in [4.69, 9.17) is 21.1 Å². The van der Waals surface area contributed by atoms with Crippen LogP contribution in [0.25, 0.3) is 0 Å². The van der Waals surface area contributed by atoms with Gasteiger partial charge < -0.3 is 14.6 Å². The first-order valence-corrected chi connectivity index (χ1v) is 9.32. The van der Waals surface area contributed by atoms with Crippen LogP contribution in [0.5, 0.6) is 0 Å². The number of ether oxygens (including phenoxy) is 2. The van der Waals surface area contributed by atoms with Gasteiger partial charge in [0.05, 0.1) is 35.2 Å². The first-order valence-electron chi connectivity index (χ1n) is 8.15. The van der Waals surface area contributed by atoms with Crippen molar-refractivity contribution in [3.05, 3.63) is 27.7 Å². The minimum atomic E-state index is -0.656. The fourth-order valence-corrected chi connectivity index (χ4v) is 5.79. The molecule has 24 heavy (non-hydrogen) atoms. The molecular formula is C17H17BrClNO4. The highest BCUT2D eigenvalue weighted by Gasteiger charge is 2.78. The maximum Gasteiger partial charge on any atom is 0.235 e. The maximum atomic E-state index is 13.3. The molecule has 0 aliphatic carbocycles. The number of hydrogen-bond acceptors (Lipinski definition) is 4. The molecule has 6 atom stereocenters. The van der Waals surface area contributed by atoms with Gasteiger partial charge in [0.1, 0.15) is 11.8 Å². The zero-order valence-corrected chi connectivity index (χ0v) is 15.4. The van der Waals surface area contributed by atoms with Gasteiger partial charge in [0, 0.05) is 23.0 Å². The third-order valence-electron chi connectivity index (χ3n) is 6.20. The molecule has 4 saturated heterocycles. The van der Waals surface area contributed by atoms with Crippen LogP contribution in [-0.2, 0) is 14.3 Å². The Morgan fingerprint density at radius 3 is 3.00 bits per heavy atom. The normalized spacial score (nSPS) is 45.8. The third-order valence-corrected chi connectivity index (χ3v) is 7.41. The van der Waals surface area contributed by atoms with Crippen LogP contribution in [0.2, 0.25) is 5.02 Å². The molecule has 128 valence electrons. The van der Waals surface area contributed by atoms with Gasteiger partial charge >= 0.3 is 0 Å². The lowest BCUT2D eigenvalue weighted by Gasteiger charge is -2.43. The van der Waals surface area contributed by atoms with Crippen LogP contribution in [-0.4, -0.2) is 41.2 Å². The van der Waals surface area contributed by atoms with E-state index in [0.717, 1.165) is 10.2 Å². The van der Waals surface area contributed by atoms with Gasteiger partial charge in [-0.15, -0.1) is 0 Å². The lowest BCUT2D eigenvalue weighted by Crippen LogP contribution is -2.56. The van der Waals surface area contributed by atoms with Crippen molar-refractivity contribution >= 4 is 39.1 Å². The van der Waals surface area contributed by atoms with Gasteiger partial charge in [0.15, 0.2) is 0 Å². The molecule has 7 heteroatoms. The fraction of sp³-hybridized carbons (Fsp3) is 0.588. The van der Waals surface area contributed by atoms with Crippen molar-refractivity contribution in [2.45, 2.75) is 43.3 Å². The number of nitrogens with zero attached hydrogens (tertiary/aromatic N) is 1. The average molecular weight is 415 g/mol. The number of carbonyl (C=O) groups excluding carboxylic acids is 1. The lowest BCUT2D eigenvalue weighted by molar-refractivity contribution is -0.163. The van der Waals surface area contributed by atoms with E-state index in [1.54, 1.807) is 11.0 Å². The van der Waals surface area contributed by atoms with Crippen LogP contribution in [0.4, 0.5) is 5.69 Å². The van der Waals surface area contributed by atoms with E-state index in [-0.39, 0.29) is 17.7 Å². The summed E-state index contributed by atoms with van der Waals surface area (Å²) in [5.41, 5.74) is -0.521. The van der Waals surface area contributed by atoms with Crippen LogP contribution in [0, 0.1) is 11.8 Å². The van der Waals surface area contributed by atoms with E-state index in [0.29, 0.717) is 24.5 Å². The van der Waals surface area contributed by atoms with Gasteiger partial charge in [-0.2, -0.15) is 0 Å². The number of fused-ring (bicyclic) bond motifs is 2. The van der Waals surface area contributed by atoms with Gasteiger partial charge in [-0.25, -0.2) is 0 Å². The quantitative estimate of drug-likeness (QED) is 0.768. The van der Waals surface area contributed by atoms with Crippen LogP contribution in [0.3, 0.4) is 0 Å². The predicted molar refractivity (Wildman–Crippen MR) is 90.8 cm³/mol. The second-order valence-electron chi connectivity index (χ2n) is 7.41.